The molecule has 0 atom stereocenters. The first kappa shape index (κ1) is 15.3. The first-order valence-electron chi connectivity index (χ1n) is 5.85. The van der Waals surface area contributed by atoms with Crippen LogP contribution in [0.4, 0.5) is 14.5 Å². The van der Waals surface area contributed by atoms with Gasteiger partial charge >= 0.3 is 5.69 Å². The number of benzene rings is 2. The summed E-state index contributed by atoms with van der Waals surface area (Å²) in [6.07, 6.45) is 0. The summed E-state index contributed by atoms with van der Waals surface area (Å²) in [5, 5.41) is 11.1. The van der Waals surface area contributed by atoms with Crippen molar-refractivity contribution in [1.29, 1.82) is 0 Å². The molecule has 0 heterocycles. The number of nitro benzene ring substituents is 1. The fraction of sp³-hybridized carbons (Fsp3) is 0. The number of hydrazine groups is 1. The van der Waals surface area contributed by atoms with Crippen LogP contribution in [0.25, 0.3) is 0 Å². The molecule has 9 heteroatoms. The largest absolute Gasteiger partial charge is 0.450 e. The quantitative estimate of drug-likeness (QED) is 0.390. The third-order valence-electron chi connectivity index (χ3n) is 2.68. The van der Waals surface area contributed by atoms with E-state index in [1.165, 1.54) is 18.2 Å². The molecule has 0 spiro atoms. The van der Waals surface area contributed by atoms with Gasteiger partial charge in [-0.15, -0.1) is 0 Å². The molecule has 2 aromatic carbocycles. The van der Waals surface area contributed by atoms with Gasteiger partial charge < -0.3 is 4.74 Å². The third kappa shape index (κ3) is 2.99. The van der Waals surface area contributed by atoms with Gasteiger partial charge in [-0.3, -0.25) is 20.3 Å². The normalized spacial score (nSPS) is 10.1. The lowest BCUT2D eigenvalue weighted by molar-refractivity contribution is -0.385. The maximum Gasteiger partial charge on any atom is 0.324 e. The summed E-state index contributed by atoms with van der Waals surface area (Å²) in [5.41, 5.74) is 0.806. The van der Waals surface area contributed by atoms with E-state index in [4.69, 9.17) is 10.6 Å². The SMILES string of the molecule is NNC(=O)c1cccc(Oc2ccc(F)c(F)c2)c1[N+](=O)[O-]. The fourth-order valence-electron chi connectivity index (χ4n) is 1.72. The van der Waals surface area contributed by atoms with Crippen molar-refractivity contribution >= 4 is 11.6 Å². The molecule has 22 heavy (non-hydrogen) atoms. The number of nitrogen functional groups attached to an aromatic ring is 1. The summed E-state index contributed by atoms with van der Waals surface area (Å²) in [7, 11) is 0. The molecule has 114 valence electrons. The van der Waals surface area contributed by atoms with E-state index in [1.54, 1.807) is 5.43 Å². The Morgan fingerprint density at radius 2 is 1.95 bits per heavy atom. The molecule has 0 saturated heterocycles. The second kappa shape index (κ2) is 6.14. The van der Waals surface area contributed by atoms with Crippen molar-refractivity contribution in [3.05, 3.63) is 63.7 Å². The number of halogens is 2. The maximum absolute atomic E-state index is 13.1. The summed E-state index contributed by atoms with van der Waals surface area (Å²) in [5.74, 6) is 1.35. The van der Waals surface area contributed by atoms with Crippen LogP contribution in [0, 0.1) is 21.7 Å². The number of carbonyl (C=O) groups excluding carboxylic acids is 1. The van der Waals surface area contributed by atoms with Crippen molar-refractivity contribution in [2.24, 2.45) is 5.84 Å². The fourth-order valence-corrected chi connectivity index (χ4v) is 1.72. The molecular weight excluding hydrogens is 300 g/mol. The van der Waals surface area contributed by atoms with Gasteiger partial charge in [0, 0.05) is 6.07 Å². The number of nitro groups is 1. The monoisotopic (exact) mass is 309 g/mol. The van der Waals surface area contributed by atoms with Crippen LogP contribution in [0.1, 0.15) is 10.4 Å². The van der Waals surface area contributed by atoms with Crippen molar-refractivity contribution in [3.63, 3.8) is 0 Å². The molecule has 0 bridgehead atoms. The van der Waals surface area contributed by atoms with Crippen LogP contribution < -0.4 is 16.0 Å². The number of ether oxygens (including phenoxy) is 1. The second-order valence-corrected chi connectivity index (χ2v) is 4.06. The van der Waals surface area contributed by atoms with E-state index < -0.39 is 28.2 Å². The molecular formula is C13H9F2N3O4. The number of nitrogens with zero attached hydrogens (tertiary/aromatic N) is 1. The molecule has 0 fully saturated rings. The zero-order valence-corrected chi connectivity index (χ0v) is 10.9. The smallest absolute Gasteiger partial charge is 0.324 e. The molecule has 0 unspecified atom stereocenters. The Balaban J connectivity index is 2.48. The molecule has 0 radical (unpaired) electrons. The van der Waals surface area contributed by atoms with Crippen LogP contribution in [0.2, 0.25) is 0 Å². The molecule has 0 aliphatic rings. The van der Waals surface area contributed by atoms with E-state index in [0.29, 0.717) is 0 Å². The summed E-state index contributed by atoms with van der Waals surface area (Å²) >= 11 is 0. The van der Waals surface area contributed by atoms with Gasteiger partial charge in [0.05, 0.1) is 4.92 Å². The van der Waals surface area contributed by atoms with Gasteiger partial charge in [-0.25, -0.2) is 14.6 Å². The van der Waals surface area contributed by atoms with E-state index in [9.17, 15) is 23.7 Å². The second-order valence-electron chi connectivity index (χ2n) is 4.06. The van der Waals surface area contributed by atoms with Crippen molar-refractivity contribution in [2.45, 2.75) is 0 Å². The topological polar surface area (TPSA) is 107 Å². The minimum atomic E-state index is -1.17. The molecule has 7 nitrogen and oxygen atoms in total. The van der Waals surface area contributed by atoms with Crippen molar-refractivity contribution < 1.29 is 23.2 Å². The van der Waals surface area contributed by atoms with Crippen LogP contribution >= 0.6 is 0 Å². The van der Waals surface area contributed by atoms with Gasteiger partial charge in [0.2, 0.25) is 5.75 Å². The van der Waals surface area contributed by atoms with Gasteiger partial charge in [0.15, 0.2) is 11.6 Å². The van der Waals surface area contributed by atoms with Crippen LogP contribution in [0.15, 0.2) is 36.4 Å². The van der Waals surface area contributed by atoms with Gasteiger partial charge in [0.25, 0.3) is 5.91 Å². The predicted octanol–water partition coefficient (Wildman–Crippen LogP) is 2.27. The van der Waals surface area contributed by atoms with Gasteiger partial charge in [-0.2, -0.15) is 0 Å². The number of hydrogen-bond acceptors (Lipinski definition) is 5. The molecule has 2 rings (SSSR count). The summed E-state index contributed by atoms with van der Waals surface area (Å²) in [6, 6.07) is 6.36. The van der Waals surface area contributed by atoms with Gasteiger partial charge in [0.1, 0.15) is 11.3 Å². The number of rotatable bonds is 4. The maximum atomic E-state index is 13.1. The van der Waals surface area contributed by atoms with Crippen LogP contribution in [-0.4, -0.2) is 10.8 Å². The Morgan fingerprint density at radius 1 is 1.23 bits per heavy atom. The van der Waals surface area contributed by atoms with E-state index in [2.05, 4.69) is 0 Å². The lowest BCUT2D eigenvalue weighted by Gasteiger charge is -2.09. The lowest BCUT2D eigenvalue weighted by atomic mass is 10.1. The van der Waals surface area contributed by atoms with Crippen LogP contribution in [0.3, 0.4) is 0 Å². The van der Waals surface area contributed by atoms with E-state index in [1.807, 2.05) is 0 Å². The van der Waals surface area contributed by atoms with Gasteiger partial charge in [-0.1, -0.05) is 6.07 Å². The van der Waals surface area contributed by atoms with Crippen LogP contribution in [-0.2, 0) is 0 Å². The Labute approximate surface area is 122 Å². The van der Waals surface area contributed by atoms with Crippen molar-refractivity contribution in [3.8, 4) is 11.5 Å². The zero-order valence-electron chi connectivity index (χ0n) is 10.9. The van der Waals surface area contributed by atoms with Crippen molar-refractivity contribution in [2.75, 3.05) is 0 Å². The highest BCUT2D eigenvalue weighted by Crippen LogP contribution is 2.34. The minimum absolute atomic E-state index is 0.160. The molecule has 0 saturated carbocycles. The van der Waals surface area contributed by atoms with Gasteiger partial charge in [-0.05, 0) is 24.3 Å². The summed E-state index contributed by atoms with van der Waals surface area (Å²) in [4.78, 5) is 21.8. The Bertz CT molecular complexity index is 752. The van der Waals surface area contributed by atoms with Crippen molar-refractivity contribution in [1.82, 2.24) is 5.43 Å². The number of carbonyl (C=O) groups is 1. The standard InChI is InChI=1S/C13H9F2N3O4/c14-9-5-4-7(6-10(9)15)22-11-3-1-2-8(13(19)17-16)12(11)18(20)21/h1-6H,16H2,(H,17,19). The highest BCUT2D eigenvalue weighted by atomic mass is 19.2. The molecule has 0 aliphatic carbocycles. The van der Waals surface area contributed by atoms with E-state index in [0.717, 1.165) is 18.2 Å². The average molecular weight is 309 g/mol. The number of nitrogens with two attached hydrogens (primary N) is 1. The Morgan fingerprint density at radius 3 is 2.55 bits per heavy atom. The van der Waals surface area contributed by atoms with E-state index >= 15 is 0 Å². The molecule has 3 N–H and O–H groups in total. The number of amides is 1. The Kier molecular flexibility index (Phi) is 4.28. The average Bonchev–Trinajstić information content (AvgIpc) is 2.49. The minimum Gasteiger partial charge on any atom is -0.450 e. The molecule has 1 amide bonds. The molecule has 0 aromatic heterocycles. The first-order chi connectivity index (χ1) is 10.4. The molecule has 0 aliphatic heterocycles. The molecule has 2 aromatic rings. The lowest BCUT2D eigenvalue weighted by Crippen LogP contribution is -2.30. The Hall–Kier alpha value is -3.07. The predicted molar refractivity (Wildman–Crippen MR) is 71.2 cm³/mol. The third-order valence-corrected chi connectivity index (χ3v) is 2.68. The van der Waals surface area contributed by atoms with Crippen LogP contribution in [0.5, 0.6) is 11.5 Å². The highest BCUT2D eigenvalue weighted by Gasteiger charge is 2.25. The number of nitrogens with one attached hydrogen (secondary N) is 1. The zero-order chi connectivity index (χ0) is 16.3. The summed E-state index contributed by atoms with van der Waals surface area (Å²) < 4.78 is 31.2. The number of para-hydroxylation sites is 1. The van der Waals surface area contributed by atoms with E-state index in [-0.39, 0.29) is 17.1 Å². The summed E-state index contributed by atoms with van der Waals surface area (Å²) in [6.45, 7) is 0. The first-order valence-corrected chi connectivity index (χ1v) is 5.85. The highest BCUT2D eigenvalue weighted by molar-refractivity contribution is 5.98. The number of hydrogen-bond donors (Lipinski definition) is 2.